The molecule has 1 atom stereocenters. The molecule has 4 heteroatoms. The number of carbonyl (C=O) groups is 1. The van der Waals surface area contributed by atoms with Crippen LogP contribution in [0.5, 0.6) is 0 Å². The summed E-state index contributed by atoms with van der Waals surface area (Å²) < 4.78 is 18.4. The Balaban J connectivity index is 2.43. The molecule has 0 fully saturated rings. The van der Waals surface area contributed by atoms with E-state index >= 15 is 0 Å². The Labute approximate surface area is 92.9 Å². The smallest absolute Gasteiger partial charge is 0.306 e. The van der Waals surface area contributed by atoms with E-state index in [1.165, 1.54) is 19.2 Å². The molecule has 0 bridgehead atoms. The van der Waals surface area contributed by atoms with Crippen molar-refractivity contribution in [2.45, 2.75) is 24.9 Å². The summed E-state index contributed by atoms with van der Waals surface area (Å²) in [6.45, 7) is 0. The van der Waals surface area contributed by atoms with Gasteiger partial charge in [-0.15, -0.1) is 0 Å². The van der Waals surface area contributed by atoms with Gasteiger partial charge in [0.05, 0.1) is 6.42 Å². The zero-order chi connectivity index (χ0) is 11.8. The first-order valence-electron chi connectivity index (χ1n) is 5.13. The summed E-state index contributed by atoms with van der Waals surface area (Å²) in [6, 6.07) is 4.43. The van der Waals surface area contributed by atoms with Gasteiger partial charge in [-0.25, -0.2) is 4.39 Å². The van der Waals surface area contributed by atoms with Gasteiger partial charge in [-0.3, -0.25) is 4.79 Å². The normalized spacial score (nSPS) is 23.1. The molecule has 0 aromatic heterocycles. The van der Waals surface area contributed by atoms with Crippen LogP contribution < -0.4 is 0 Å². The van der Waals surface area contributed by atoms with E-state index in [1.54, 1.807) is 6.07 Å². The highest BCUT2D eigenvalue weighted by atomic mass is 19.1. The summed E-state index contributed by atoms with van der Waals surface area (Å²) in [4.78, 5) is 10.8. The SMILES string of the molecule is COC1(CC(=O)O)CCc2cc(F)ccc21. The van der Waals surface area contributed by atoms with Crippen molar-refractivity contribution in [2.75, 3.05) is 7.11 Å². The molecule has 86 valence electrons. The van der Waals surface area contributed by atoms with E-state index in [0.29, 0.717) is 12.8 Å². The number of aliphatic carboxylic acids is 1. The van der Waals surface area contributed by atoms with Gasteiger partial charge in [0.1, 0.15) is 11.4 Å². The third kappa shape index (κ3) is 1.69. The molecule has 1 N–H and O–H groups in total. The number of hydrogen-bond donors (Lipinski definition) is 1. The molecule has 0 amide bonds. The van der Waals surface area contributed by atoms with Crippen LogP contribution in [0.2, 0.25) is 0 Å². The Morgan fingerprint density at radius 2 is 2.38 bits per heavy atom. The Morgan fingerprint density at radius 3 is 3.00 bits per heavy atom. The second kappa shape index (κ2) is 3.87. The van der Waals surface area contributed by atoms with E-state index in [9.17, 15) is 9.18 Å². The molecule has 1 aliphatic rings. The summed E-state index contributed by atoms with van der Waals surface area (Å²) in [6.07, 6.45) is 1.17. The first-order chi connectivity index (χ1) is 7.57. The van der Waals surface area contributed by atoms with Gasteiger partial charge in [-0.1, -0.05) is 6.07 Å². The van der Waals surface area contributed by atoms with Gasteiger partial charge in [0.2, 0.25) is 0 Å². The summed E-state index contributed by atoms with van der Waals surface area (Å²) in [5, 5.41) is 8.90. The van der Waals surface area contributed by atoms with E-state index < -0.39 is 11.6 Å². The lowest BCUT2D eigenvalue weighted by atomic mass is 9.92. The van der Waals surface area contributed by atoms with Crippen molar-refractivity contribution >= 4 is 5.97 Å². The summed E-state index contributed by atoms with van der Waals surface area (Å²) in [5.74, 6) is -1.19. The molecule has 1 aliphatic carbocycles. The molecular weight excluding hydrogens is 211 g/mol. The number of ether oxygens (including phenoxy) is 1. The largest absolute Gasteiger partial charge is 0.481 e. The topological polar surface area (TPSA) is 46.5 Å². The maximum atomic E-state index is 13.0. The van der Waals surface area contributed by atoms with Crippen LogP contribution in [0, 0.1) is 5.82 Å². The van der Waals surface area contributed by atoms with E-state index in [-0.39, 0.29) is 12.2 Å². The number of rotatable bonds is 3. The molecule has 1 unspecified atom stereocenters. The molecule has 1 aromatic rings. The fourth-order valence-corrected chi connectivity index (χ4v) is 2.40. The molecule has 0 aliphatic heterocycles. The highest BCUT2D eigenvalue weighted by Crippen LogP contribution is 2.42. The summed E-state index contributed by atoms with van der Waals surface area (Å²) in [5.41, 5.74) is 0.872. The van der Waals surface area contributed by atoms with Crippen LogP contribution in [-0.4, -0.2) is 18.2 Å². The number of benzene rings is 1. The summed E-state index contributed by atoms with van der Waals surface area (Å²) >= 11 is 0. The fraction of sp³-hybridized carbons (Fsp3) is 0.417. The molecule has 2 rings (SSSR count). The predicted molar refractivity (Wildman–Crippen MR) is 55.7 cm³/mol. The van der Waals surface area contributed by atoms with Crippen molar-refractivity contribution in [2.24, 2.45) is 0 Å². The monoisotopic (exact) mass is 224 g/mol. The van der Waals surface area contributed by atoms with E-state index in [4.69, 9.17) is 9.84 Å². The molecule has 0 heterocycles. The average Bonchev–Trinajstić information content (AvgIpc) is 2.56. The number of halogens is 1. The predicted octanol–water partition coefficient (Wildman–Crippen LogP) is 2.09. The highest BCUT2D eigenvalue weighted by molar-refractivity contribution is 5.69. The minimum absolute atomic E-state index is 0.0812. The van der Waals surface area contributed by atoms with Gasteiger partial charge in [0.25, 0.3) is 0 Å². The van der Waals surface area contributed by atoms with Crippen molar-refractivity contribution < 1.29 is 19.0 Å². The van der Waals surface area contributed by atoms with Crippen LogP contribution in [0.15, 0.2) is 18.2 Å². The van der Waals surface area contributed by atoms with Gasteiger partial charge >= 0.3 is 5.97 Å². The maximum Gasteiger partial charge on any atom is 0.306 e. The second-order valence-corrected chi connectivity index (χ2v) is 4.07. The molecule has 0 saturated carbocycles. The van der Waals surface area contributed by atoms with E-state index in [0.717, 1.165) is 11.1 Å². The molecule has 0 saturated heterocycles. The van der Waals surface area contributed by atoms with Crippen molar-refractivity contribution in [3.8, 4) is 0 Å². The van der Waals surface area contributed by atoms with Crippen LogP contribution in [0.4, 0.5) is 4.39 Å². The molecule has 16 heavy (non-hydrogen) atoms. The van der Waals surface area contributed by atoms with E-state index in [1.807, 2.05) is 0 Å². The molecule has 3 nitrogen and oxygen atoms in total. The first kappa shape index (κ1) is 11.1. The van der Waals surface area contributed by atoms with Crippen molar-refractivity contribution in [1.82, 2.24) is 0 Å². The van der Waals surface area contributed by atoms with Gasteiger partial charge in [-0.05, 0) is 36.1 Å². The number of carboxylic acid groups (broad SMARTS) is 1. The third-order valence-corrected chi connectivity index (χ3v) is 3.18. The van der Waals surface area contributed by atoms with Gasteiger partial charge in [0.15, 0.2) is 0 Å². The van der Waals surface area contributed by atoms with Crippen molar-refractivity contribution in [1.29, 1.82) is 0 Å². The van der Waals surface area contributed by atoms with Gasteiger partial charge in [-0.2, -0.15) is 0 Å². The van der Waals surface area contributed by atoms with Crippen molar-refractivity contribution in [3.05, 3.63) is 35.1 Å². The highest BCUT2D eigenvalue weighted by Gasteiger charge is 2.40. The number of methoxy groups -OCH3 is 1. The number of aryl methyl sites for hydroxylation is 1. The maximum absolute atomic E-state index is 13.0. The van der Waals surface area contributed by atoms with Crippen LogP contribution in [0.25, 0.3) is 0 Å². The van der Waals surface area contributed by atoms with Crippen LogP contribution >= 0.6 is 0 Å². The lowest BCUT2D eigenvalue weighted by Crippen LogP contribution is -2.28. The lowest BCUT2D eigenvalue weighted by Gasteiger charge is -2.27. The quantitative estimate of drug-likeness (QED) is 0.855. The Bertz CT molecular complexity index is 430. The lowest BCUT2D eigenvalue weighted by molar-refractivity contribution is -0.144. The van der Waals surface area contributed by atoms with Crippen molar-refractivity contribution in [3.63, 3.8) is 0 Å². The minimum atomic E-state index is -0.904. The Hall–Kier alpha value is -1.42. The van der Waals surface area contributed by atoms with Gasteiger partial charge in [0, 0.05) is 7.11 Å². The second-order valence-electron chi connectivity index (χ2n) is 4.07. The third-order valence-electron chi connectivity index (χ3n) is 3.18. The van der Waals surface area contributed by atoms with E-state index in [2.05, 4.69) is 0 Å². The first-order valence-corrected chi connectivity index (χ1v) is 5.13. The van der Waals surface area contributed by atoms with Crippen LogP contribution in [0.3, 0.4) is 0 Å². The number of fused-ring (bicyclic) bond motifs is 1. The molecule has 0 spiro atoms. The minimum Gasteiger partial charge on any atom is -0.481 e. The zero-order valence-corrected chi connectivity index (χ0v) is 9.00. The molecule has 1 aromatic carbocycles. The van der Waals surface area contributed by atoms with Crippen LogP contribution in [0.1, 0.15) is 24.0 Å². The summed E-state index contributed by atoms with van der Waals surface area (Å²) in [7, 11) is 1.50. The zero-order valence-electron chi connectivity index (χ0n) is 9.00. The number of carboxylic acids is 1. The molecular formula is C12H13FO3. The standard InChI is InChI=1S/C12H13FO3/c1-16-12(7-11(14)15)5-4-8-6-9(13)2-3-10(8)12/h2-3,6H,4-5,7H2,1H3,(H,14,15). The Kier molecular flexibility index (Phi) is 2.68. The van der Waals surface area contributed by atoms with Crippen LogP contribution in [-0.2, 0) is 21.6 Å². The number of hydrogen-bond acceptors (Lipinski definition) is 2. The average molecular weight is 224 g/mol. The Morgan fingerprint density at radius 1 is 1.62 bits per heavy atom. The molecule has 0 radical (unpaired) electrons. The fourth-order valence-electron chi connectivity index (χ4n) is 2.40. The van der Waals surface area contributed by atoms with Gasteiger partial charge < -0.3 is 9.84 Å².